The third-order valence-corrected chi connectivity index (χ3v) is 8.26. The number of urea groups is 1. The summed E-state index contributed by atoms with van der Waals surface area (Å²) in [6, 6.07) is 3.47. The highest BCUT2D eigenvalue weighted by Gasteiger charge is 2.83. The summed E-state index contributed by atoms with van der Waals surface area (Å²) in [5.41, 5.74) is -2.88. The van der Waals surface area contributed by atoms with Gasteiger partial charge in [-0.25, -0.2) is 4.79 Å². The van der Waals surface area contributed by atoms with E-state index in [9.17, 15) is 33.0 Å². The zero-order valence-corrected chi connectivity index (χ0v) is 15.8. The standard InChI is InChI=1S/C20H20F3N3O4/c21-20(22,23)9-26-8-16-6-17(12-5-10(27)1-2-11(12)16)7-18(14(28)24-15(29)25-18)3-4-19(17,30)13(16)26/h1-2,5,13,27,30H,3-4,6-9H2,(H2,24,25,28,29)/t13?,16?,17?,18-,19?/m0/s1. The molecule has 1 aromatic rings. The number of phenolic OH excluding ortho intramolecular Hbond substituents is 1. The number of aromatic hydroxyl groups is 1. The van der Waals surface area contributed by atoms with Crippen molar-refractivity contribution >= 4 is 11.9 Å². The summed E-state index contributed by atoms with van der Waals surface area (Å²) in [5.74, 6) is -0.477. The van der Waals surface area contributed by atoms with E-state index in [0.717, 1.165) is 5.56 Å². The van der Waals surface area contributed by atoms with Crippen molar-refractivity contribution in [1.82, 2.24) is 15.5 Å². The maximum Gasteiger partial charge on any atom is 0.401 e. The number of carbonyl (C=O) groups is 2. The Bertz CT molecular complexity index is 1030. The van der Waals surface area contributed by atoms with Gasteiger partial charge in [0, 0.05) is 17.4 Å². The fourth-order valence-corrected chi connectivity index (χ4v) is 7.56. The number of imide groups is 1. The van der Waals surface area contributed by atoms with Crippen LogP contribution in [-0.4, -0.2) is 63.5 Å². The van der Waals surface area contributed by atoms with Crippen LogP contribution in [0.2, 0.25) is 0 Å². The van der Waals surface area contributed by atoms with Gasteiger partial charge in [0.05, 0.1) is 18.2 Å². The van der Waals surface area contributed by atoms with Crippen molar-refractivity contribution in [3.63, 3.8) is 0 Å². The first-order valence-electron chi connectivity index (χ1n) is 9.96. The van der Waals surface area contributed by atoms with Crippen LogP contribution in [0.5, 0.6) is 5.75 Å². The average Bonchev–Trinajstić information content (AvgIpc) is 3.10. The molecule has 3 aliphatic carbocycles. The molecule has 2 saturated carbocycles. The number of nitrogens with one attached hydrogen (secondary N) is 2. The van der Waals surface area contributed by atoms with Gasteiger partial charge < -0.3 is 15.5 Å². The molecule has 160 valence electrons. The summed E-state index contributed by atoms with van der Waals surface area (Å²) in [6.07, 6.45) is -3.69. The van der Waals surface area contributed by atoms with Crippen LogP contribution in [0.1, 0.15) is 36.8 Å². The molecule has 0 radical (unpaired) electrons. The van der Waals surface area contributed by atoms with Gasteiger partial charge in [-0.3, -0.25) is 15.0 Å². The van der Waals surface area contributed by atoms with Crippen molar-refractivity contribution < 1.29 is 33.0 Å². The number of phenols is 1. The molecule has 6 rings (SSSR count). The minimum absolute atomic E-state index is 0.00280. The molecule has 1 aromatic carbocycles. The summed E-state index contributed by atoms with van der Waals surface area (Å²) in [6.45, 7) is -0.946. The number of hydrogen-bond donors (Lipinski definition) is 4. The van der Waals surface area contributed by atoms with Crippen LogP contribution in [0.15, 0.2) is 18.2 Å². The summed E-state index contributed by atoms with van der Waals surface area (Å²) in [4.78, 5) is 25.8. The smallest absolute Gasteiger partial charge is 0.401 e. The van der Waals surface area contributed by atoms with Crippen molar-refractivity contribution in [3.05, 3.63) is 29.3 Å². The summed E-state index contributed by atoms with van der Waals surface area (Å²) < 4.78 is 39.6. The van der Waals surface area contributed by atoms with Gasteiger partial charge >= 0.3 is 12.2 Å². The fraction of sp³-hybridized carbons (Fsp3) is 0.600. The molecule has 3 amide bonds. The first-order chi connectivity index (χ1) is 13.9. The highest BCUT2D eigenvalue weighted by molar-refractivity contribution is 6.07. The first kappa shape index (κ1) is 18.4. The van der Waals surface area contributed by atoms with Gasteiger partial charge in [-0.15, -0.1) is 0 Å². The number of aliphatic hydroxyl groups is 1. The Balaban J connectivity index is 1.52. The Kier molecular flexibility index (Phi) is 3.03. The molecule has 4 N–H and O–H groups in total. The quantitative estimate of drug-likeness (QED) is 0.506. The average molecular weight is 423 g/mol. The SMILES string of the molecule is O=C1NC(=O)[C@@]2(CCC3(O)C4N(CC(F)(F)F)CC45CC3(C2)c2cc(O)ccc25)N1. The molecule has 5 aliphatic rings. The van der Waals surface area contributed by atoms with Gasteiger partial charge in [0.1, 0.15) is 11.3 Å². The maximum atomic E-state index is 13.2. The first-order valence-corrected chi connectivity index (χ1v) is 9.96. The largest absolute Gasteiger partial charge is 0.508 e. The minimum atomic E-state index is -4.39. The zero-order chi connectivity index (χ0) is 21.3. The van der Waals surface area contributed by atoms with Crippen LogP contribution >= 0.6 is 0 Å². The Labute approximate surface area is 169 Å². The van der Waals surface area contributed by atoms with Crippen molar-refractivity contribution in [2.45, 2.75) is 59.9 Å². The van der Waals surface area contributed by atoms with Gasteiger partial charge in [-0.1, -0.05) is 6.07 Å². The van der Waals surface area contributed by atoms with E-state index in [-0.39, 0.29) is 31.6 Å². The number of benzene rings is 1. The lowest BCUT2D eigenvalue weighted by Gasteiger charge is -2.63. The number of hydrogen-bond acceptors (Lipinski definition) is 5. The Hall–Kier alpha value is -2.33. The number of amides is 3. The van der Waals surface area contributed by atoms with E-state index in [1.54, 1.807) is 12.1 Å². The molecule has 10 heteroatoms. The summed E-state index contributed by atoms with van der Waals surface area (Å²) in [7, 11) is 0. The van der Waals surface area contributed by atoms with Crippen LogP contribution in [0.4, 0.5) is 18.0 Å². The highest BCUT2D eigenvalue weighted by Crippen LogP contribution is 2.75. The van der Waals surface area contributed by atoms with Crippen LogP contribution in [0.3, 0.4) is 0 Å². The predicted molar refractivity (Wildman–Crippen MR) is 95.7 cm³/mol. The lowest BCUT2D eigenvalue weighted by Crippen LogP contribution is -2.77. The monoisotopic (exact) mass is 423 g/mol. The molecule has 3 spiro atoms. The van der Waals surface area contributed by atoms with Gasteiger partial charge in [-0.05, 0) is 48.9 Å². The van der Waals surface area contributed by atoms with Crippen LogP contribution in [-0.2, 0) is 15.6 Å². The van der Waals surface area contributed by atoms with Gasteiger partial charge in [0.2, 0.25) is 0 Å². The minimum Gasteiger partial charge on any atom is -0.508 e. The second-order valence-corrected chi connectivity index (χ2v) is 9.66. The van der Waals surface area contributed by atoms with Crippen LogP contribution in [0.25, 0.3) is 0 Å². The molecule has 5 atom stereocenters. The Morgan fingerprint density at radius 1 is 1.17 bits per heavy atom. The fourth-order valence-electron chi connectivity index (χ4n) is 7.56. The number of alkyl halides is 3. The van der Waals surface area contributed by atoms with Crippen LogP contribution < -0.4 is 10.6 Å². The number of carbonyl (C=O) groups excluding carboxylic acids is 2. The molecule has 0 aromatic heterocycles. The van der Waals surface area contributed by atoms with E-state index in [1.165, 1.54) is 11.0 Å². The maximum absolute atomic E-state index is 13.2. The Morgan fingerprint density at radius 3 is 2.60 bits per heavy atom. The number of nitrogens with zero attached hydrogens (tertiary/aromatic N) is 1. The molecule has 30 heavy (non-hydrogen) atoms. The van der Waals surface area contributed by atoms with Crippen LogP contribution in [0, 0.1) is 0 Å². The molecule has 2 aliphatic heterocycles. The second-order valence-electron chi connectivity index (χ2n) is 9.66. The van der Waals surface area contributed by atoms with Gasteiger partial charge in [0.25, 0.3) is 5.91 Å². The third-order valence-electron chi connectivity index (χ3n) is 8.26. The molecular weight excluding hydrogens is 403 g/mol. The molecule has 4 unspecified atom stereocenters. The summed E-state index contributed by atoms with van der Waals surface area (Å²) in [5, 5.41) is 27.0. The van der Waals surface area contributed by atoms with E-state index in [2.05, 4.69) is 10.6 Å². The van der Waals surface area contributed by atoms with Crippen molar-refractivity contribution in [2.24, 2.45) is 0 Å². The lowest BCUT2D eigenvalue weighted by atomic mass is 9.52. The molecule has 2 heterocycles. The van der Waals surface area contributed by atoms with Crippen molar-refractivity contribution in [3.8, 4) is 5.75 Å². The number of fused-ring (bicyclic) bond motifs is 2. The Morgan fingerprint density at radius 2 is 1.93 bits per heavy atom. The zero-order valence-electron chi connectivity index (χ0n) is 15.8. The van der Waals surface area contributed by atoms with Gasteiger partial charge in [0.15, 0.2) is 0 Å². The summed E-state index contributed by atoms with van der Waals surface area (Å²) >= 11 is 0. The molecule has 2 saturated heterocycles. The number of rotatable bonds is 1. The highest BCUT2D eigenvalue weighted by atomic mass is 19.4. The predicted octanol–water partition coefficient (Wildman–Crippen LogP) is 1.02. The van der Waals surface area contributed by atoms with E-state index in [1.807, 2.05) is 0 Å². The second kappa shape index (κ2) is 4.94. The van der Waals surface area contributed by atoms with E-state index >= 15 is 0 Å². The number of likely N-dealkylation sites (tertiary alicyclic amines) is 1. The van der Waals surface area contributed by atoms with E-state index < -0.39 is 52.7 Å². The van der Waals surface area contributed by atoms with Crippen molar-refractivity contribution in [2.75, 3.05) is 13.1 Å². The van der Waals surface area contributed by atoms with E-state index in [0.29, 0.717) is 12.0 Å². The van der Waals surface area contributed by atoms with Gasteiger partial charge in [-0.2, -0.15) is 13.2 Å². The molecule has 4 fully saturated rings. The molecular formula is C20H20F3N3O4. The van der Waals surface area contributed by atoms with E-state index in [4.69, 9.17) is 0 Å². The molecule has 7 nitrogen and oxygen atoms in total. The van der Waals surface area contributed by atoms with Crippen molar-refractivity contribution in [1.29, 1.82) is 0 Å². The normalized spacial score (nSPS) is 43.7. The third kappa shape index (κ3) is 1.86. The topological polar surface area (TPSA) is 102 Å². The lowest BCUT2D eigenvalue weighted by molar-refractivity contribution is -0.206. The molecule has 2 bridgehead atoms. The number of halogens is 3.